The van der Waals surface area contributed by atoms with Gasteiger partial charge in [-0.15, -0.1) is 12.3 Å². The second kappa shape index (κ2) is 21.9. The van der Waals surface area contributed by atoms with E-state index in [9.17, 15) is 0 Å². The molecule has 0 amide bonds. The van der Waals surface area contributed by atoms with Crippen LogP contribution in [0.25, 0.3) is 62.1 Å². The average molecular weight is 893 g/mol. The van der Waals surface area contributed by atoms with Crippen molar-refractivity contribution in [3.8, 4) is 23.5 Å². The van der Waals surface area contributed by atoms with Crippen molar-refractivity contribution in [2.24, 2.45) is 0 Å². The molecule has 0 unspecified atom stereocenters. The van der Waals surface area contributed by atoms with E-state index in [0.29, 0.717) is 6.42 Å². The van der Waals surface area contributed by atoms with E-state index in [1.54, 1.807) is 6.08 Å². The van der Waals surface area contributed by atoms with Crippen molar-refractivity contribution >= 4 is 50.9 Å². The molecule has 0 bridgehead atoms. The molecule has 0 aliphatic heterocycles. The van der Waals surface area contributed by atoms with E-state index in [1.807, 2.05) is 18.2 Å². The second-order valence-corrected chi connectivity index (χ2v) is 17.2. The van der Waals surface area contributed by atoms with Crippen molar-refractivity contribution in [2.45, 2.75) is 45.4 Å². The van der Waals surface area contributed by atoms with Crippen LogP contribution >= 0.6 is 0 Å². The van der Waals surface area contributed by atoms with Gasteiger partial charge in [-0.25, -0.2) is 0 Å². The summed E-state index contributed by atoms with van der Waals surface area (Å²) in [4.78, 5) is 0. The van der Waals surface area contributed by atoms with E-state index >= 15 is 0 Å². The summed E-state index contributed by atoms with van der Waals surface area (Å²) in [6, 6.07) is 48.1. The minimum atomic E-state index is -0.588. The van der Waals surface area contributed by atoms with Crippen LogP contribution in [0, 0.1) is 12.3 Å². The Labute approximate surface area is 410 Å². The topological polar surface area (TPSA) is 9.86 Å². The fourth-order valence-electron chi connectivity index (χ4n) is 9.76. The molecule has 2 aromatic heterocycles. The maximum absolute atomic E-state index is 5.98. The Hall–Kier alpha value is -8.38. The molecule has 0 saturated heterocycles. The van der Waals surface area contributed by atoms with E-state index in [0.717, 1.165) is 63.2 Å². The minimum Gasteiger partial charge on any atom is -0.313 e. The van der Waals surface area contributed by atoms with E-state index in [-0.39, 0.29) is 0 Å². The SMILES string of the molecule is C#CC/C(=C\C=C(/C)c1ccc(C2(C(=C)/C=C\C(=C/C)C/C=C/C/C=C(\C=C/C)n3c(/C=C\C=C)cc4ccccc43)c3ccccc3-c3ccccc32)cc1)n1c(/C=C\C=C)cc2ccccc21. The van der Waals surface area contributed by atoms with Gasteiger partial charge in [-0.05, 0) is 132 Å². The lowest BCUT2D eigenvalue weighted by Crippen LogP contribution is -2.28. The van der Waals surface area contributed by atoms with Crippen molar-refractivity contribution in [3.05, 3.63) is 283 Å². The van der Waals surface area contributed by atoms with Gasteiger partial charge in [0.2, 0.25) is 0 Å². The highest BCUT2D eigenvalue weighted by Gasteiger charge is 2.45. The highest BCUT2D eigenvalue weighted by atomic mass is 15.0. The number of hydrogen-bond acceptors (Lipinski definition) is 0. The smallest absolute Gasteiger partial charge is 0.0707 e. The van der Waals surface area contributed by atoms with Gasteiger partial charge in [0.05, 0.1) is 16.4 Å². The highest BCUT2D eigenvalue weighted by molar-refractivity contribution is 5.90. The first-order valence-corrected chi connectivity index (χ1v) is 23.8. The average Bonchev–Trinajstić information content (AvgIpc) is 4.05. The van der Waals surface area contributed by atoms with Gasteiger partial charge < -0.3 is 9.13 Å². The van der Waals surface area contributed by atoms with E-state index in [4.69, 9.17) is 13.0 Å². The Morgan fingerprint density at radius 2 is 1.25 bits per heavy atom. The van der Waals surface area contributed by atoms with E-state index in [2.05, 4.69) is 255 Å². The van der Waals surface area contributed by atoms with Gasteiger partial charge in [-0.3, -0.25) is 0 Å². The third kappa shape index (κ3) is 9.60. The lowest BCUT2D eigenvalue weighted by Gasteiger charge is -2.34. The number of rotatable bonds is 18. The summed E-state index contributed by atoms with van der Waals surface area (Å²) in [5.41, 5.74) is 16.7. The molecule has 0 spiro atoms. The molecular weight excluding hydrogens is 833 g/mol. The summed E-state index contributed by atoms with van der Waals surface area (Å²) >= 11 is 0. The lowest BCUT2D eigenvalue weighted by atomic mass is 9.67. The molecule has 0 atom stereocenters. The third-order valence-electron chi connectivity index (χ3n) is 13.0. The molecular formula is C67H60N2. The quantitative estimate of drug-likeness (QED) is 0.0461. The van der Waals surface area contributed by atoms with E-state index < -0.39 is 5.41 Å². The molecule has 8 rings (SSSR count). The Kier molecular flexibility index (Phi) is 15.0. The minimum absolute atomic E-state index is 0.482. The standard InChI is InChI=1S/C67H60N2/c1-8-13-31-59-48-54-29-18-24-38-65(54)68(59)57(26-10-3)33-17-15-16-28-52(12-5)42-41-51(7)67(63-36-22-20-34-61(63)62-35-21-23-37-64(62)67)56-45-43-53(44-46-56)50(6)40-47-58(27-11-4)69-60(32-14-9-2)49-55-30-19-25-39-66(55)69/h4,8-10,12-16,18-26,29-49H,1-2,7,17,27-28H2,3,5-6H3/b16-15+,26-10-,31-13-,32-14-,42-41-,50-40+,52-12-,57-33+,58-47+. The molecule has 0 fully saturated rings. The zero-order valence-electron chi connectivity index (χ0n) is 40.2. The van der Waals surface area contributed by atoms with Crippen LogP contribution in [0.3, 0.4) is 0 Å². The van der Waals surface area contributed by atoms with Gasteiger partial charge in [0.25, 0.3) is 0 Å². The predicted octanol–water partition coefficient (Wildman–Crippen LogP) is 17.8. The molecule has 2 nitrogen and oxygen atoms in total. The molecule has 7 aromatic rings. The first kappa shape index (κ1) is 47.1. The number of fused-ring (bicyclic) bond motifs is 5. The molecule has 338 valence electrons. The van der Waals surface area contributed by atoms with Crippen LogP contribution in [-0.4, -0.2) is 9.13 Å². The van der Waals surface area contributed by atoms with Gasteiger partial charge in [0.15, 0.2) is 0 Å². The molecule has 0 N–H and O–H groups in total. The van der Waals surface area contributed by atoms with Crippen LogP contribution in [-0.2, 0) is 5.41 Å². The maximum atomic E-state index is 5.98. The number of terminal acetylenes is 1. The monoisotopic (exact) mass is 892 g/mol. The van der Waals surface area contributed by atoms with Gasteiger partial charge in [-0.1, -0.05) is 202 Å². The van der Waals surface area contributed by atoms with Gasteiger partial charge in [0, 0.05) is 40.0 Å². The summed E-state index contributed by atoms with van der Waals surface area (Å²) in [6.45, 7) is 19.0. The molecule has 69 heavy (non-hydrogen) atoms. The van der Waals surface area contributed by atoms with Crippen molar-refractivity contribution in [1.29, 1.82) is 0 Å². The van der Waals surface area contributed by atoms with Crippen LogP contribution in [0.15, 0.2) is 249 Å². The molecule has 1 aliphatic carbocycles. The zero-order valence-corrected chi connectivity index (χ0v) is 40.2. The first-order valence-electron chi connectivity index (χ1n) is 23.8. The van der Waals surface area contributed by atoms with Crippen molar-refractivity contribution < 1.29 is 0 Å². The van der Waals surface area contributed by atoms with Gasteiger partial charge in [0.1, 0.15) is 0 Å². The zero-order chi connectivity index (χ0) is 48.2. The summed E-state index contributed by atoms with van der Waals surface area (Å²) in [5, 5.41) is 2.37. The normalized spacial score (nSPS) is 14.2. The van der Waals surface area contributed by atoms with Gasteiger partial charge >= 0.3 is 0 Å². The molecule has 2 heterocycles. The second-order valence-electron chi connectivity index (χ2n) is 17.2. The summed E-state index contributed by atoms with van der Waals surface area (Å²) < 4.78 is 4.57. The Morgan fingerprint density at radius 3 is 1.84 bits per heavy atom. The summed E-state index contributed by atoms with van der Waals surface area (Å²) in [7, 11) is 0. The van der Waals surface area contributed by atoms with Crippen molar-refractivity contribution in [1.82, 2.24) is 9.13 Å². The highest BCUT2D eigenvalue weighted by Crippen LogP contribution is 2.56. The fourth-order valence-corrected chi connectivity index (χ4v) is 9.76. The number of aromatic nitrogens is 2. The van der Waals surface area contributed by atoms with Gasteiger partial charge in [-0.2, -0.15) is 0 Å². The van der Waals surface area contributed by atoms with Crippen LogP contribution in [0.2, 0.25) is 0 Å². The number of hydrogen-bond donors (Lipinski definition) is 0. The van der Waals surface area contributed by atoms with Crippen LogP contribution in [0.4, 0.5) is 0 Å². The molecule has 0 radical (unpaired) electrons. The number of benzene rings is 5. The Morgan fingerprint density at radius 1 is 0.667 bits per heavy atom. The number of para-hydroxylation sites is 2. The third-order valence-corrected chi connectivity index (χ3v) is 13.0. The number of nitrogens with zero attached hydrogens (tertiary/aromatic N) is 2. The van der Waals surface area contributed by atoms with Crippen LogP contribution in [0.5, 0.6) is 0 Å². The summed E-state index contributed by atoms with van der Waals surface area (Å²) in [6.07, 6.45) is 42.0. The Balaban J connectivity index is 1.08. The Bertz CT molecular complexity index is 3330. The molecule has 5 aromatic carbocycles. The first-order chi connectivity index (χ1) is 33.9. The van der Waals surface area contributed by atoms with Crippen molar-refractivity contribution in [2.75, 3.05) is 0 Å². The lowest BCUT2D eigenvalue weighted by molar-refractivity contribution is 0.770. The van der Waals surface area contributed by atoms with Crippen LogP contribution < -0.4 is 0 Å². The summed E-state index contributed by atoms with van der Waals surface area (Å²) in [5.74, 6) is 2.90. The van der Waals surface area contributed by atoms with Crippen molar-refractivity contribution in [3.63, 3.8) is 0 Å². The number of allylic oxidation sites excluding steroid dienone is 19. The predicted molar refractivity (Wildman–Crippen MR) is 301 cm³/mol. The molecule has 1 aliphatic rings. The fraction of sp³-hybridized carbons (Fsp3) is 0.104. The maximum Gasteiger partial charge on any atom is 0.0707 e. The molecule has 2 heteroatoms. The van der Waals surface area contributed by atoms with E-state index in [1.165, 1.54) is 44.3 Å². The molecule has 0 saturated carbocycles. The largest absolute Gasteiger partial charge is 0.313 e. The van der Waals surface area contributed by atoms with Crippen LogP contribution in [0.1, 0.15) is 73.7 Å².